The Labute approximate surface area is 285 Å². The summed E-state index contributed by atoms with van der Waals surface area (Å²) in [5.74, 6) is -0.768. The van der Waals surface area contributed by atoms with Crippen LogP contribution in [0.3, 0.4) is 0 Å². The van der Waals surface area contributed by atoms with Gasteiger partial charge in [0.15, 0.2) is 11.9 Å². The second-order valence-electron chi connectivity index (χ2n) is 12.6. The summed E-state index contributed by atoms with van der Waals surface area (Å²) in [5.41, 5.74) is 0. The fraction of sp³-hybridized carbons (Fsp3) is 0.811. The number of phosphoric acid groups is 1. The van der Waals surface area contributed by atoms with Gasteiger partial charge in [0.25, 0.3) is 0 Å². The maximum Gasteiger partial charge on any atom is 0.469 e. The molecule has 10 heteroatoms. The Kier molecular flexibility index (Phi) is 31.5. The number of hydrogen-bond donors (Lipinski definition) is 2. The first-order chi connectivity index (χ1) is 22.7. The molecule has 0 aliphatic carbocycles. The highest BCUT2D eigenvalue weighted by Gasteiger charge is 2.22. The Bertz CT molecular complexity index is 881. The number of carbonyl (C=O) groups is 3. The predicted molar refractivity (Wildman–Crippen MR) is 189 cm³/mol. The molecule has 0 radical (unpaired) electrons. The maximum absolute atomic E-state index is 12.3. The predicted octanol–water partition coefficient (Wildman–Crippen LogP) is 10.0. The standard InChI is InChI=1S/C37H67O9P/c1-3-5-7-8-9-10-11-12-13-16-20-23-27-31-37(40)46-35(33-45-47(41,42)43)32-44-36(39)30-26-22-19-17-14-15-18-21-25-29-34(38)28-24-6-4-2/h18,21,25,29,35H,3-17,19-20,22-24,26-28,30-33H2,1-2H3,(H2,41,42,43)/b21-18-,29-25+/t35-/m1/s1. The lowest BCUT2D eigenvalue weighted by Gasteiger charge is -2.18. The van der Waals surface area contributed by atoms with Gasteiger partial charge in [0, 0.05) is 19.3 Å². The minimum Gasteiger partial charge on any atom is -0.462 e. The minimum absolute atomic E-state index is 0.174. The number of hydrogen-bond acceptors (Lipinski definition) is 7. The van der Waals surface area contributed by atoms with E-state index in [0.29, 0.717) is 19.3 Å². The number of allylic oxidation sites excluding steroid dienone is 4. The van der Waals surface area contributed by atoms with E-state index >= 15 is 0 Å². The van der Waals surface area contributed by atoms with E-state index in [0.717, 1.165) is 70.6 Å². The van der Waals surface area contributed by atoms with Gasteiger partial charge < -0.3 is 19.3 Å². The Morgan fingerprint density at radius 2 is 1.06 bits per heavy atom. The summed E-state index contributed by atoms with van der Waals surface area (Å²) in [6.45, 7) is 3.49. The van der Waals surface area contributed by atoms with Gasteiger partial charge in [0.1, 0.15) is 6.61 Å². The number of phosphoric ester groups is 1. The minimum atomic E-state index is -4.76. The first-order valence-electron chi connectivity index (χ1n) is 18.6. The first-order valence-corrected chi connectivity index (χ1v) is 20.1. The van der Waals surface area contributed by atoms with E-state index in [1.165, 1.54) is 57.8 Å². The maximum atomic E-state index is 12.3. The molecule has 0 amide bonds. The monoisotopic (exact) mass is 686 g/mol. The molecular weight excluding hydrogens is 619 g/mol. The molecular formula is C37H67O9P. The highest BCUT2D eigenvalue weighted by atomic mass is 31.2. The molecule has 0 saturated heterocycles. The van der Waals surface area contributed by atoms with Crippen LogP contribution in [0.4, 0.5) is 0 Å². The van der Waals surface area contributed by atoms with Gasteiger partial charge >= 0.3 is 19.8 Å². The van der Waals surface area contributed by atoms with E-state index in [2.05, 4.69) is 24.4 Å². The molecule has 0 saturated carbocycles. The topological polar surface area (TPSA) is 136 Å². The van der Waals surface area contributed by atoms with Gasteiger partial charge in [-0.2, -0.15) is 0 Å². The molecule has 0 heterocycles. The normalized spacial score (nSPS) is 12.6. The average molecular weight is 687 g/mol. The highest BCUT2D eigenvalue weighted by Crippen LogP contribution is 2.36. The third-order valence-corrected chi connectivity index (χ3v) is 8.43. The van der Waals surface area contributed by atoms with Gasteiger partial charge in [0.2, 0.25) is 0 Å². The molecule has 0 aromatic heterocycles. The SMILES string of the molecule is CCCCCCCCCCCCCCCC(=O)O[C@H](COC(=O)CCCCCCC/C=C\C=C\C(=O)CCCCC)COP(=O)(O)O. The molecule has 0 aliphatic heterocycles. The van der Waals surface area contributed by atoms with Gasteiger partial charge in [-0.05, 0) is 38.2 Å². The molecule has 0 fully saturated rings. The lowest BCUT2D eigenvalue weighted by molar-refractivity contribution is -0.161. The van der Waals surface area contributed by atoms with E-state index in [1.54, 1.807) is 6.08 Å². The van der Waals surface area contributed by atoms with E-state index in [1.807, 2.05) is 12.2 Å². The summed E-state index contributed by atoms with van der Waals surface area (Å²) >= 11 is 0. The molecule has 9 nitrogen and oxygen atoms in total. The van der Waals surface area contributed by atoms with E-state index in [4.69, 9.17) is 19.3 Å². The van der Waals surface area contributed by atoms with Crippen LogP contribution in [0.1, 0.15) is 174 Å². The second-order valence-corrected chi connectivity index (χ2v) is 13.8. The van der Waals surface area contributed by atoms with Crippen LogP contribution in [-0.4, -0.2) is 46.8 Å². The molecule has 0 aromatic rings. The smallest absolute Gasteiger partial charge is 0.462 e. The van der Waals surface area contributed by atoms with Crippen LogP contribution in [0.5, 0.6) is 0 Å². The molecule has 0 aliphatic rings. The van der Waals surface area contributed by atoms with Crippen LogP contribution in [0, 0.1) is 0 Å². The summed E-state index contributed by atoms with van der Waals surface area (Å²) in [5, 5.41) is 0. The van der Waals surface area contributed by atoms with Gasteiger partial charge in [-0.1, -0.05) is 141 Å². The molecule has 0 spiro atoms. The third-order valence-electron chi connectivity index (χ3n) is 7.95. The number of ketones is 1. The lowest BCUT2D eigenvalue weighted by atomic mass is 10.0. The summed E-state index contributed by atoms with van der Waals surface area (Å²) in [6.07, 6.45) is 31.6. The van der Waals surface area contributed by atoms with Crippen molar-refractivity contribution in [2.45, 2.75) is 180 Å². The van der Waals surface area contributed by atoms with E-state index in [-0.39, 0.29) is 25.2 Å². The van der Waals surface area contributed by atoms with Crippen LogP contribution in [-0.2, 0) is 32.9 Å². The molecule has 0 bridgehead atoms. The summed E-state index contributed by atoms with van der Waals surface area (Å²) in [6, 6.07) is 0. The molecule has 1 atom stereocenters. The van der Waals surface area contributed by atoms with Gasteiger partial charge in [0.05, 0.1) is 6.61 Å². The van der Waals surface area contributed by atoms with Crippen molar-refractivity contribution in [3.63, 3.8) is 0 Å². The Hall–Kier alpha value is -1.80. The van der Waals surface area contributed by atoms with E-state index < -0.39 is 32.5 Å². The fourth-order valence-electron chi connectivity index (χ4n) is 5.12. The third kappa shape index (κ3) is 35.3. The zero-order valence-corrected chi connectivity index (χ0v) is 30.6. The Morgan fingerprint density at radius 3 is 1.62 bits per heavy atom. The number of unbranched alkanes of at least 4 members (excludes halogenated alkanes) is 19. The summed E-state index contributed by atoms with van der Waals surface area (Å²) in [4.78, 5) is 54.3. The summed E-state index contributed by atoms with van der Waals surface area (Å²) < 4.78 is 26.2. The van der Waals surface area contributed by atoms with Crippen molar-refractivity contribution in [2.75, 3.05) is 13.2 Å². The number of carbonyl (C=O) groups excluding carboxylic acids is 3. The van der Waals surface area contributed by atoms with Crippen LogP contribution < -0.4 is 0 Å². The first kappa shape index (κ1) is 45.2. The summed E-state index contributed by atoms with van der Waals surface area (Å²) in [7, 11) is -4.76. The van der Waals surface area contributed by atoms with Crippen LogP contribution in [0.25, 0.3) is 0 Å². The van der Waals surface area contributed by atoms with Gasteiger partial charge in [-0.25, -0.2) is 4.57 Å². The Morgan fingerprint density at radius 1 is 0.596 bits per heavy atom. The van der Waals surface area contributed by atoms with Crippen LogP contribution >= 0.6 is 7.82 Å². The van der Waals surface area contributed by atoms with Crippen LogP contribution in [0.2, 0.25) is 0 Å². The average Bonchev–Trinajstić information content (AvgIpc) is 3.03. The molecule has 274 valence electrons. The van der Waals surface area contributed by atoms with Gasteiger partial charge in [-0.3, -0.25) is 18.9 Å². The van der Waals surface area contributed by atoms with Gasteiger partial charge in [-0.15, -0.1) is 0 Å². The Balaban J connectivity index is 4.03. The van der Waals surface area contributed by atoms with Crippen molar-refractivity contribution in [1.82, 2.24) is 0 Å². The van der Waals surface area contributed by atoms with E-state index in [9.17, 15) is 18.9 Å². The molecule has 0 unspecified atom stereocenters. The molecule has 47 heavy (non-hydrogen) atoms. The zero-order chi connectivity index (χ0) is 34.9. The molecule has 0 rings (SSSR count). The van der Waals surface area contributed by atoms with Crippen molar-refractivity contribution in [3.05, 3.63) is 24.3 Å². The molecule has 0 aromatic carbocycles. The van der Waals surface area contributed by atoms with Crippen molar-refractivity contribution in [2.24, 2.45) is 0 Å². The second kappa shape index (κ2) is 32.7. The highest BCUT2D eigenvalue weighted by molar-refractivity contribution is 7.46. The largest absolute Gasteiger partial charge is 0.469 e. The van der Waals surface area contributed by atoms with Crippen molar-refractivity contribution < 1.29 is 42.7 Å². The van der Waals surface area contributed by atoms with Crippen molar-refractivity contribution in [3.8, 4) is 0 Å². The number of rotatable bonds is 34. The fourth-order valence-corrected chi connectivity index (χ4v) is 5.48. The zero-order valence-electron chi connectivity index (χ0n) is 29.7. The number of ether oxygens (including phenoxy) is 2. The van der Waals surface area contributed by atoms with Crippen molar-refractivity contribution in [1.29, 1.82) is 0 Å². The van der Waals surface area contributed by atoms with Crippen molar-refractivity contribution >= 4 is 25.5 Å². The molecule has 2 N–H and O–H groups in total. The number of esters is 2. The quantitative estimate of drug-likeness (QED) is 0.0223. The lowest BCUT2D eigenvalue weighted by Crippen LogP contribution is -2.29. The van der Waals surface area contributed by atoms with Crippen LogP contribution in [0.15, 0.2) is 24.3 Å².